The number of aromatic hydroxyl groups is 1. The fourth-order valence-corrected chi connectivity index (χ4v) is 2.90. The molecule has 0 saturated carbocycles. The largest absolute Gasteiger partial charge is 0.506 e. The van der Waals surface area contributed by atoms with Gasteiger partial charge in [0.1, 0.15) is 5.75 Å². The van der Waals surface area contributed by atoms with Gasteiger partial charge in [-0.3, -0.25) is 0 Å². The average molecular weight is 302 g/mol. The van der Waals surface area contributed by atoms with E-state index in [0.29, 0.717) is 15.8 Å². The Morgan fingerprint density at radius 1 is 1.63 bits per heavy atom. The minimum absolute atomic E-state index is 0.131. The summed E-state index contributed by atoms with van der Waals surface area (Å²) in [6.07, 6.45) is -1.52. The summed E-state index contributed by atoms with van der Waals surface area (Å²) >= 11 is 6.88. The molecule has 2 N–H and O–H groups in total. The zero-order valence-corrected chi connectivity index (χ0v) is 11.9. The van der Waals surface area contributed by atoms with Crippen molar-refractivity contribution < 1.29 is 19.7 Å². The second kappa shape index (κ2) is 5.32. The van der Waals surface area contributed by atoms with E-state index >= 15 is 0 Å². The minimum atomic E-state index is -1.52. The number of aliphatic hydroxyl groups excluding tert-OH is 1. The Morgan fingerprint density at radius 2 is 2.32 bits per heavy atom. The van der Waals surface area contributed by atoms with Crippen molar-refractivity contribution in [2.24, 2.45) is 0 Å². The fraction of sp³-hybridized carbons (Fsp3) is 0.333. The number of aryl methyl sites for hydroxylation is 1. The Bertz CT molecular complexity index is 640. The first-order chi connectivity index (χ1) is 8.95. The number of hydrogen-bond acceptors (Lipinski definition) is 6. The highest BCUT2D eigenvalue weighted by Crippen LogP contribution is 2.40. The van der Waals surface area contributed by atoms with E-state index in [9.17, 15) is 15.0 Å². The third-order valence-corrected chi connectivity index (χ3v) is 3.84. The van der Waals surface area contributed by atoms with Crippen molar-refractivity contribution >= 4 is 39.1 Å². The second-order valence-corrected chi connectivity index (χ2v) is 5.51. The van der Waals surface area contributed by atoms with Crippen LogP contribution in [0.3, 0.4) is 0 Å². The summed E-state index contributed by atoms with van der Waals surface area (Å²) in [7, 11) is 0. The molecule has 0 amide bonds. The van der Waals surface area contributed by atoms with Crippen LogP contribution in [0, 0.1) is 6.92 Å². The number of benzene rings is 1. The number of esters is 1. The second-order valence-electron chi connectivity index (χ2n) is 3.93. The number of aromatic nitrogens is 1. The molecule has 0 aliphatic rings. The minimum Gasteiger partial charge on any atom is -0.506 e. The number of nitrogens with zero attached hydrogens (tertiary/aromatic N) is 1. The lowest BCUT2D eigenvalue weighted by molar-refractivity contribution is -0.153. The summed E-state index contributed by atoms with van der Waals surface area (Å²) in [5, 5.41) is 20.1. The first-order valence-electron chi connectivity index (χ1n) is 5.58. The van der Waals surface area contributed by atoms with Gasteiger partial charge in [-0.05, 0) is 25.5 Å². The zero-order valence-electron chi connectivity index (χ0n) is 10.3. The summed E-state index contributed by atoms with van der Waals surface area (Å²) in [4.78, 5) is 15.6. The molecule has 1 heterocycles. The molecule has 0 saturated heterocycles. The van der Waals surface area contributed by atoms with Gasteiger partial charge in [0.15, 0.2) is 10.6 Å². The lowest BCUT2D eigenvalue weighted by Crippen LogP contribution is -2.16. The van der Waals surface area contributed by atoms with Gasteiger partial charge < -0.3 is 14.9 Å². The van der Waals surface area contributed by atoms with Crippen molar-refractivity contribution in [1.82, 2.24) is 4.98 Å². The molecule has 0 fully saturated rings. The molecule has 0 aliphatic carbocycles. The molecule has 0 radical (unpaired) electrons. The molecule has 2 rings (SSSR count). The molecule has 0 aliphatic heterocycles. The molecular formula is C12H12ClNO4S. The standard InChI is InChI=1S/C12H12ClNO4S/c1-3-18-11(17)9(16)7-5(2)4-6-10(8(7)15)19-12(13)14-6/h4,9,15-16H,3H2,1-2H3. The third-order valence-electron chi connectivity index (χ3n) is 2.66. The number of phenolic OH excluding ortho intramolecular Hbond substituents is 1. The molecule has 102 valence electrons. The third kappa shape index (κ3) is 2.51. The van der Waals surface area contributed by atoms with Crippen molar-refractivity contribution in [3.05, 3.63) is 21.7 Å². The van der Waals surface area contributed by atoms with Crippen molar-refractivity contribution in [2.75, 3.05) is 6.61 Å². The number of hydrogen-bond donors (Lipinski definition) is 2. The first kappa shape index (κ1) is 14.0. The van der Waals surface area contributed by atoms with Crippen molar-refractivity contribution in [2.45, 2.75) is 20.0 Å². The quantitative estimate of drug-likeness (QED) is 0.852. The monoisotopic (exact) mass is 301 g/mol. The Hall–Kier alpha value is -1.37. The lowest BCUT2D eigenvalue weighted by atomic mass is 10.0. The van der Waals surface area contributed by atoms with Crippen LogP contribution in [-0.4, -0.2) is 27.8 Å². The van der Waals surface area contributed by atoms with E-state index in [2.05, 4.69) is 4.98 Å². The normalized spacial score (nSPS) is 12.6. The van der Waals surface area contributed by atoms with Gasteiger partial charge in [-0.1, -0.05) is 22.9 Å². The highest BCUT2D eigenvalue weighted by molar-refractivity contribution is 7.22. The van der Waals surface area contributed by atoms with Gasteiger partial charge in [0.05, 0.1) is 16.8 Å². The first-order valence-corrected chi connectivity index (χ1v) is 6.78. The number of carbonyl (C=O) groups is 1. The van der Waals surface area contributed by atoms with Crippen LogP contribution in [0.2, 0.25) is 4.47 Å². The van der Waals surface area contributed by atoms with Crippen LogP contribution >= 0.6 is 22.9 Å². The average Bonchev–Trinajstić information content (AvgIpc) is 2.70. The molecule has 19 heavy (non-hydrogen) atoms. The van der Waals surface area contributed by atoms with Crippen LogP contribution in [0.5, 0.6) is 5.75 Å². The van der Waals surface area contributed by atoms with Gasteiger partial charge in [-0.2, -0.15) is 0 Å². The van der Waals surface area contributed by atoms with Gasteiger partial charge in [0.25, 0.3) is 0 Å². The maximum atomic E-state index is 11.6. The number of carbonyl (C=O) groups excluding carboxylic acids is 1. The molecule has 7 heteroatoms. The number of ether oxygens (including phenoxy) is 1. The maximum absolute atomic E-state index is 11.6. The van der Waals surface area contributed by atoms with Crippen LogP contribution in [-0.2, 0) is 9.53 Å². The molecular weight excluding hydrogens is 290 g/mol. The number of rotatable bonds is 3. The summed E-state index contributed by atoms with van der Waals surface area (Å²) in [5.74, 6) is -0.976. The number of thiazole rings is 1. The van der Waals surface area contributed by atoms with Crippen LogP contribution in [0.25, 0.3) is 10.2 Å². The van der Waals surface area contributed by atoms with E-state index in [0.717, 1.165) is 11.3 Å². The molecule has 2 aromatic rings. The molecule has 1 aromatic heterocycles. The van der Waals surface area contributed by atoms with Crippen molar-refractivity contribution in [3.8, 4) is 5.75 Å². The zero-order chi connectivity index (χ0) is 14.2. The SMILES string of the molecule is CCOC(=O)C(O)c1c(C)cc2nc(Cl)sc2c1O. The predicted octanol–water partition coefficient (Wildman–Crippen LogP) is 2.56. The number of aliphatic hydroxyl groups is 1. The van der Waals surface area contributed by atoms with Gasteiger partial charge in [-0.25, -0.2) is 9.78 Å². The highest BCUT2D eigenvalue weighted by Gasteiger charge is 2.26. The summed E-state index contributed by atoms with van der Waals surface area (Å²) in [6.45, 7) is 3.47. The van der Waals surface area contributed by atoms with Gasteiger partial charge in [-0.15, -0.1) is 0 Å². The molecule has 1 unspecified atom stereocenters. The van der Waals surface area contributed by atoms with Crippen LogP contribution in [0.4, 0.5) is 0 Å². The maximum Gasteiger partial charge on any atom is 0.339 e. The van der Waals surface area contributed by atoms with E-state index < -0.39 is 12.1 Å². The van der Waals surface area contributed by atoms with Crippen LogP contribution < -0.4 is 0 Å². The topological polar surface area (TPSA) is 79.7 Å². The van der Waals surface area contributed by atoms with Gasteiger partial charge in [0, 0.05) is 5.56 Å². The Balaban J connectivity index is 2.56. The molecule has 1 aromatic carbocycles. The molecule has 1 atom stereocenters. The Labute approximate surface area is 118 Å². The molecule has 0 bridgehead atoms. The van der Waals surface area contributed by atoms with Gasteiger partial charge in [0.2, 0.25) is 0 Å². The van der Waals surface area contributed by atoms with E-state index in [4.69, 9.17) is 16.3 Å². The summed E-state index contributed by atoms with van der Waals surface area (Å²) < 4.78 is 5.47. The van der Waals surface area contributed by atoms with Crippen molar-refractivity contribution in [3.63, 3.8) is 0 Å². The summed E-state index contributed by atoms with van der Waals surface area (Å²) in [6, 6.07) is 1.66. The van der Waals surface area contributed by atoms with E-state index in [1.807, 2.05) is 0 Å². The number of fused-ring (bicyclic) bond motifs is 1. The molecule has 0 spiro atoms. The fourth-order valence-electron chi connectivity index (χ4n) is 1.85. The Morgan fingerprint density at radius 3 is 2.95 bits per heavy atom. The number of halogens is 1. The summed E-state index contributed by atoms with van der Waals surface area (Å²) in [5.41, 5.74) is 1.21. The van der Waals surface area contributed by atoms with E-state index in [1.54, 1.807) is 19.9 Å². The highest BCUT2D eigenvalue weighted by atomic mass is 35.5. The van der Waals surface area contributed by atoms with E-state index in [1.165, 1.54) is 0 Å². The lowest BCUT2D eigenvalue weighted by Gasteiger charge is -2.14. The number of phenols is 1. The van der Waals surface area contributed by atoms with Crippen LogP contribution in [0.1, 0.15) is 24.2 Å². The van der Waals surface area contributed by atoms with Crippen molar-refractivity contribution in [1.29, 1.82) is 0 Å². The molecule has 5 nitrogen and oxygen atoms in total. The van der Waals surface area contributed by atoms with Gasteiger partial charge >= 0.3 is 5.97 Å². The predicted molar refractivity (Wildman–Crippen MR) is 72.6 cm³/mol. The smallest absolute Gasteiger partial charge is 0.339 e. The Kier molecular flexibility index (Phi) is 3.93. The van der Waals surface area contributed by atoms with E-state index in [-0.39, 0.29) is 22.4 Å². The van der Waals surface area contributed by atoms with Crippen LogP contribution in [0.15, 0.2) is 6.07 Å².